The largest absolute Gasteiger partial charge is 0.528 e. The van der Waals surface area contributed by atoms with E-state index in [-0.39, 0.29) is 0 Å². The molecule has 0 radical (unpaired) electrons. The Bertz CT molecular complexity index is 181. The summed E-state index contributed by atoms with van der Waals surface area (Å²) in [5.74, 6) is 1.13. The molecule has 0 heterocycles. The van der Waals surface area contributed by atoms with Gasteiger partial charge in [-0.05, 0) is 6.42 Å². The van der Waals surface area contributed by atoms with Crippen molar-refractivity contribution in [1.29, 1.82) is 0 Å². The molecule has 0 unspecified atom stereocenters. The van der Waals surface area contributed by atoms with Gasteiger partial charge in [0, 0.05) is 0 Å². The summed E-state index contributed by atoms with van der Waals surface area (Å²) in [6.07, 6.45) is 0.790. The van der Waals surface area contributed by atoms with Crippen LogP contribution in [0.3, 0.4) is 0 Å². The third-order valence-corrected chi connectivity index (χ3v) is 1.92. The van der Waals surface area contributed by atoms with Gasteiger partial charge in [-0.2, -0.15) is 0 Å². The molecule has 0 aromatic heterocycles. The highest BCUT2D eigenvalue weighted by Gasteiger charge is 2.09. The lowest BCUT2D eigenvalue weighted by atomic mass is 10.2. The van der Waals surface area contributed by atoms with Crippen LogP contribution in [-0.4, -0.2) is 24.7 Å². The highest BCUT2D eigenvalue weighted by molar-refractivity contribution is 5.98. The third kappa shape index (κ3) is 2.62. The van der Waals surface area contributed by atoms with Gasteiger partial charge < -0.3 is 13.9 Å². The Labute approximate surface area is 76.5 Å². The van der Waals surface area contributed by atoms with Crippen LogP contribution in [0.2, 0.25) is 0 Å². The number of rotatable bonds is 5. The van der Waals surface area contributed by atoms with Crippen molar-refractivity contribution in [3.8, 4) is 0 Å². The van der Waals surface area contributed by atoms with E-state index in [9.17, 15) is 0 Å². The van der Waals surface area contributed by atoms with E-state index in [0.717, 1.165) is 12.0 Å². The minimum absolute atomic E-state index is 0.524. The molecule has 0 aliphatic rings. The van der Waals surface area contributed by atoms with Crippen molar-refractivity contribution in [3.05, 3.63) is 23.9 Å². The average Bonchev–Trinajstić information content (AvgIpc) is 2.12. The normalized spacial score (nSPS) is 11.9. The predicted molar refractivity (Wildman–Crippen MR) is 51.5 cm³/mol. The molecular formula is C8H16O3Si. The maximum absolute atomic E-state index is 5.13. The molecule has 3 nitrogen and oxygen atoms in total. The van der Waals surface area contributed by atoms with E-state index in [1.54, 1.807) is 14.2 Å². The van der Waals surface area contributed by atoms with Crippen LogP contribution in [0.5, 0.6) is 0 Å². The number of hydrogen-bond acceptors (Lipinski definition) is 3. The molecule has 4 heteroatoms. The lowest BCUT2D eigenvalue weighted by Gasteiger charge is -2.12. The fourth-order valence-corrected chi connectivity index (χ4v) is 1.32. The summed E-state index contributed by atoms with van der Waals surface area (Å²) < 4.78 is 15.1. The van der Waals surface area contributed by atoms with E-state index in [1.807, 2.05) is 6.92 Å². The Kier molecular flexibility index (Phi) is 5.28. The van der Waals surface area contributed by atoms with Crippen LogP contribution in [0.4, 0.5) is 0 Å². The van der Waals surface area contributed by atoms with Crippen LogP contribution < -0.4 is 0 Å². The van der Waals surface area contributed by atoms with E-state index in [2.05, 4.69) is 6.58 Å². The molecule has 0 fully saturated rings. The van der Waals surface area contributed by atoms with Gasteiger partial charge in [-0.25, -0.2) is 0 Å². The van der Waals surface area contributed by atoms with E-state index in [1.165, 1.54) is 0 Å². The molecule has 0 saturated heterocycles. The molecule has 0 aromatic carbocycles. The molecule has 0 saturated carbocycles. The van der Waals surface area contributed by atoms with Crippen LogP contribution in [0, 0.1) is 0 Å². The van der Waals surface area contributed by atoms with E-state index >= 15 is 0 Å². The standard InChI is InChI=1S/C8H16O3Si/c1-5-7(6(2)9-3)8(10-4)11-12/h2,5H2,1,3-4,12H3. The molecule has 0 amide bonds. The number of allylic oxidation sites excluding steroid dienone is 1. The predicted octanol–water partition coefficient (Wildman–Crippen LogP) is 0.711. The number of ether oxygens (including phenoxy) is 2. The SMILES string of the molecule is C=C(OC)C(CC)=C(OC)O[SiH3]. The summed E-state index contributed by atoms with van der Waals surface area (Å²) in [7, 11) is 3.76. The van der Waals surface area contributed by atoms with Crippen LogP contribution >= 0.6 is 0 Å². The van der Waals surface area contributed by atoms with Gasteiger partial charge in [0.15, 0.2) is 0 Å². The fourth-order valence-electron chi connectivity index (χ4n) is 0.908. The Balaban J connectivity index is 4.68. The van der Waals surface area contributed by atoms with Gasteiger partial charge in [-0.3, -0.25) is 0 Å². The first kappa shape index (κ1) is 11.1. The van der Waals surface area contributed by atoms with Gasteiger partial charge >= 0.3 is 0 Å². The second-order valence-electron chi connectivity index (χ2n) is 2.16. The minimum atomic E-state index is 0.524. The van der Waals surface area contributed by atoms with Crippen molar-refractivity contribution >= 4 is 10.5 Å². The molecular weight excluding hydrogens is 172 g/mol. The highest BCUT2D eigenvalue weighted by atomic mass is 28.2. The summed E-state index contributed by atoms with van der Waals surface area (Å²) in [6, 6.07) is 0. The number of methoxy groups -OCH3 is 2. The molecule has 0 bridgehead atoms. The first-order valence-electron chi connectivity index (χ1n) is 3.75. The van der Waals surface area contributed by atoms with Crippen molar-refractivity contribution < 1.29 is 13.9 Å². The first-order chi connectivity index (χ1) is 5.71. The average molecular weight is 188 g/mol. The monoisotopic (exact) mass is 188 g/mol. The molecule has 0 spiro atoms. The number of hydrogen-bond donors (Lipinski definition) is 0. The van der Waals surface area contributed by atoms with Crippen molar-refractivity contribution in [3.63, 3.8) is 0 Å². The summed E-state index contributed by atoms with van der Waals surface area (Å²) in [4.78, 5) is 0. The topological polar surface area (TPSA) is 27.7 Å². The van der Waals surface area contributed by atoms with Crippen molar-refractivity contribution in [2.45, 2.75) is 13.3 Å². The zero-order chi connectivity index (χ0) is 9.56. The van der Waals surface area contributed by atoms with Crippen molar-refractivity contribution in [2.24, 2.45) is 0 Å². The summed E-state index contributed by atoms with van der Waals surface area (Å²) in [5.41, 5.74) is 0.884. The van der Waals surface area contributed by atoms with Crippen LogP contribution in [-0.2, 0) is 13.9 Å². The summed E-state index contributed by atoms with van der Waals surface area (Å²) in [5, 5.41) is 0. The van der Waals surface area contributed by atoms with Crippen LogP contribution in [0.15, 0.2) is 23.9 Å². The van der Waals surface area contributed by atoms with Gasteiger partial charge in [0.2, 0.25) is 10.5 Å². The van der Waals surface area contributed by atoms with Crippen molar-refractivity contribution in [1.82, 2.24) is 0 Å². The van der Waals surface area contributed by atoms with Crippen LogP contribution in [0.1, 0.15) is 13.3 Å². The second-order valence-corrected chi connectivity index (χ2v) is 2.56. The maximum Gasteiger partial charge on any atom is 0.271 e. The lowest BCUT2D eigenvalue weighted by Crippen LogP contribution is -2.00. The zero-order valence-corrected chi connectivity index (χ0v) is 10.1. The molecule has 0 aliphatic heterocycles. The Morgan fingerprint density at radius 1 is 1.33 bits per heavy atom. The molecule has 0 N–H and O–H groups in total. The zero-order valence-electron chi connectivity index (χ0n) is 8.14. The fraction of sp³-hybridized carbons (Fsp3) is 0.500. The molecule has 0 rings (SSSR count). The van der Waals surface area contributed by atoms with E-state index in [0.29, 0.717) is 22.2 Å². The van der Waals surface area contributed by atoms with Gasteiger partial charge in [0.1, 0.15) is 5.76 Å². The first-order valence-corrected chi connectivity index (χ1v) is 4.57. The van der Waals surface area contributed by atoms with Crippen LogP contribution in [0.25, 0.3) is 0 Å². The van der Waals surface area contributed by atoms with E-state index in [4.69, 9.17) is 13.9 Å². The second kappa shape index (κ2) is 5.71. The van der Waals surface area contributed by atoms with Gasteiger partial charge in [0.05, 0.1) is 19.8 Å². The molecule has 0 aromatic rings. The Morgan fingerprint density at radius 2 is 1.92 bits per heavy atom. The highest BCUT2D eigenvalue weighted by Crippen LogP contribution is 2.18. The van der Waals surface area contributed by atoms with Gasteiger partial charge in [-0.15, -0.1) is 0 Å². The molecule has 70 valence electrons. The molecule has 12 heavy (non-hydrogen) atoms. The lowest BCUT2D eigenvalue weighted by molar-refractivity contribution is 0.150. The van der Waals surface area contributed by atoms with Gasteiger partial charge in [0.25, 0.3) is 5.95 Å². The Morgan fingerprint density at radius 3 is 2.17 bits per heavy atom. The van der Waals surface area contributed by atoms with Crippen molar-refractivity contribution in [2.75, 3.05) is 14.2 Å². The quantitative estimate of drug-likeness (QED) is 0.361. The maximum atomic E-state index is 5.13. The minimum Gasteiger partial charge on any atom is -0.528 e. The Hall–Kier alpha value is -0.903. The third-order valence-electron chi connectivity index (χ3n) is 1.55. The summed E-state index contributed by atoms with van der Waals surface area (Å²) in [6.45, 7) is 5.74. The van der Waals surface area contributed by atoms with Gasteiger partial charge in [-0.1, -0.05) is 13.5 Å². The smallest absolute Gasteiger partial charge is 0.271 e. The van der Waals surface area contributed by atoms with E-state index < -0.39 is 0 Å². The summed E-state index contributed by atoms with van der Waals surface area (Å²) >= 11 is 0. The molecule has 0 atom stereocenters. The molecule has 0 aliphatic carbocycles.